The van der Waals surface area contributed by atoms with E-state index < -0.39 is 5.60 Å². The summed E-state index contributed by atoms with van der Waals surface area (Å²) in [6.07, 6.45) is -0.232. The zero-order valence-corrected chi connectivity index (χ0v) is 14.9. The molecule has 0 radical (unpaired) electrons. The predicted molar refractivity (Wildman–Crippen MR) is 89.3 cm³/mol. The number of alkyl halides is 1. The smallest absolute Gasteiger partial charge is 0.410 e. The van der Waals surface area contributed by atoms with Gasteiger partial charge in [-0.15, -0.1) is 0 Å². The van der Waals surface area contributed by atoms with Crippen LogP contribution in [-0.4, -0.2) is 35.0 Å². The highest BCUT2D eigenvalue weighted by Gasteiger charge is 2.37. The number of carbonyl (C=O) groups excluding carboxylic acids is 1. The maximum atomic E-state index is 12.2. The van der Waals surface area contributed by atoms with Crippen LogP contribution in [-0.2, 0) is 4.74 Å². The minimum absolute atomic E-state index is 0.232. The Hall–Kier alpha value is -0.740. The molecule has 0 N–H and O–H groups in total. The molecule has 0 aromatic heterocycles. The number of benzene rings is 1. The Bertz CT molecular complexity index is 498. The van der Waals surface area contributed by atoms with Gasteiger partial charge in [0.15, 0.2) is 0 Å². The van der Waals surface area contributed by atoms with Crippen LogP contribution < -0.4 is 0 Å². The van der Waals surface area contributed by atoms with Gasteiger partial charge in [0.2, 0.25) is 0 Å². The van der Waals surface area contributed by atoms with E-state index in [-0.39, 0.29) is 6.09 Å². The van der Waals surface area contributed by atoms with E-state index in [1.54, 1.807) is 4.90 Å². The second-order valence-electron chi connectivity index (χ2n) is 6.46. The lowest BCUT2D eigenvalue weighted by Crippen LogP contribution is -2.35. The van der Waals surface area contributed by atoms with Crippen LogP contribution in [0.1, 0.15) is 32.3 Å². The molecule has 21 heavy (non-hydrogen) atoms. The molecule has 0 spiro atoms. The summed E-state index contributed by atoms with van der Waals surface area (Å²) in [5.74, 6) is 0.702. The van der Waals surface area contributed by atoms with Crippen molar-refractivity contribution in [2.24, 2.45) is 5.92 Å². The molecule has 0 aliphatic carbocycles. The van der Waals surface area contributed by atoms with Gasteiger partial charge in [-0.1, -0.05) is 39.7 Å². The van der Waals surface area contributed by atoms with E-state index in [0.29, 0.717) is 24.9 Å². The number of likely N-dealkylation sites (tertiary alicyclic amines) is 1. The van der Waals surface area contributed by atoms with Crippen LogP contribution in [0.15, 0.2) is 24.3 Å². The van der Waals surface area contributed by atoms with Crippen molar-refractivity contribution in [2.45, 2.75) is 32.3 Å². The van der Waals surface area contributed by atoms with Crippen molar-refractivity contribution >= 4 is 33.6 Å². The fourth-order valence-electron chi connectivity index (χ4n) is 2.59. The normalized spacial score (nSPS) is 22.4. The van der Waals surface area contributed by atoms with E-state index >= 15 is 0 Å². The highest BCUT2D eigenvalue weighted by atomic mass is 79.9. The first-order valence-electron chi connectivity index (χ1n) is 7.09. The van der Waals surface area contributed by atoms with E-state index in [1.165, 1.54) is 5.56 Å². The Labute approximate surface area is 139 Å². The number of ether oxygens (including phenoxy) is 1. The van der Waals surface area contributed by atoms with Crippen molar-refractivity contribution in [3.05, 3.63) is 34.9 Å². The van der Waals surface area contributed by atoms with Crippen LogP contribution in [0.25, 0.3) is 0 Å². The van der Waals surface area contributed by atoms with Gasteiger partial charge in [-0.25, -0.2) is 4.79 Å². The summed E-state index contributed by atoms with van der Waals surface area (Å²) in [5.41, 5.74) is 0.759. The van der Waals surface area contributed by atoms with Crippen LogP contribution in [0.3, 0.4) is 0 Å². The van der Waals surface area contributed by atoms with Crippen molar-refractivity contribution in [3.63, 3.8) is 0 Å². The van der Waals surface area contributed by atoms with E-state index in [2.05, 4.69) is 15.9 Å². The van der Waals surface area contributed by atoms with Crippen LogP contribution in [0.4, 0.5) is 4.79 Å². The first kappa shape index (κ1) is 16.6. The molecular formula is C16H21BrClNO2. The third-order valence-corrected chi connectivity index (χ3v) is 4.67. The monoisotopic (exact) mass is 373 g/mol. The molecule has 1 heterocycles. The van der Waals surface area contributed by atoms with Crippen LogP contribution in [0, 0.1) is 5.92 Å². The van der Waals surface area contributed by atoms with Crippen LogP contribution in [0.5, 0.6) is 0 Å². The predicted octanol–water partition coefficient (Wildman–Crippen LogP) is 4.69. The summed E-state index contributed by atoms with van der Waals surface area (Å²) in [6, 6.07) is 7.89. The lowest BCUT2D eigenvalue weighted by atomic mass is 9.90. The molecule has 1 aromatic carbocycles. The summed E-state index contributed by atoms with van der Waals surface area (Å²) in [6.45, 7) is 7.07. The minimum Gasteiger partial charge on any atom is -0.444 e. The zero-order valence-electron chi connectivity index (χ0n) is 12.6. The second kappa shape index (κ2) is 6.57. The fourth-order valence-corrected chi connectivity index (χ4v) is 3.37. The van der Waals surface area contributed by atoms with Crippen molar-refractivity contribution in [3.8, 4) is 0 Å². The van der Waals surface area contributed by atoms with Gasteiger partial charge in [0.05, 0.1) is 0 Å². The lowest BCUT2D eigenvalue weighted by Gasteiger charge is -2.24. The quantitative estimate of drug-likeness (QED) is 0.703. The van der Waals surface area contributed by atoms with Gasteiger partial charge in [0.25, 0.3) is 0 Å². The van der Waals surface area contributed by atoms with Crippen molar-refractivity contribution in [2.75, 3.05) is 18.4 Å². The highest BCUT2D eigenvalue weighted by Crippen LogP contribution is 2.35. The number of nitrogens with zero attached hydrogens (tertiary/aromatic N) is 1. The van der Waals surface area contributed by atoms with Crippen molar-refractivity contribution in [1.82, 2.24) is 4.90 Å². The topological polar surface area (TPSA) is 29.5 Å². The van der Waals surface area contributed by atoms with Gasteiger partial charge < -0.3 is 9.64 Å². The lowest BCUT2D eigenvalue weighted by molar-refractivity contribution is 0.0288. The summed E-state index contributed by atoms with van der Waals surface area (Å²) in [4.78, 5) is 14.0. The molecule has 0 saturated carbocycles. The maximum Gasteiger partial charge on any atom is 0.410 e. The second-order valence-corrected chi connectivity index (χ2v) is 7.54. The summed E-state index contributed by atoms with van der Waals surface area (Å²) in [5, 5.41) is 1.59. The average Bonchev–Trinajstić information content (AvgIpc) is 2.82. The SMILES string of the molecule is CC(C)(C)OC(=O)N1C[C@H](CBr)[C@@H](c2ccc(Cl)cc2)C1. The molecule has 2 atom stereocenters. The Morgan fingerprint density at radius 1 is 1.33 bits per heavy atom. The zero-order chi connectivity index (χ0) is 15.6. The molecule has 1 saturated heterocycles. The summed E-state index contributed by atoms with van der Waals surface area (Å²) >= 11 is 9.51. The molecule has 3 nitrogen and oxygen atoms in total. The third kappa shape index (κ3) is 4.36. The standard InChI is InChI=1S/C16H21BrClNO2/c1-16(2,3)21-15(20)19-9-12(8-17)14(10-19)11-4-6-13(18)7-5-11/h4-7,12,14H,8-10H2,1-3H3/t12-,14+/m0/s1. The highest BCUT2D eigenvalue weighted by molar-refractivity contribution is 9.09. The molecular weight excluding hydrogens is 354 g/mol. The van der Waals surface area contributed by atoms with E-state index in [4.69, 9.17) is 16.3 Å². The van der Waals surface area contributed by atoms with E-state index in [0.717, 1.165) is 10.4 Å². The average molecular weight is 375 g/mol. The molecule has 1 fully saturated rings. The molecule has 0 unspecified atom stereocenters. The van der Waals surface area contributed by atoms with Crippen molar-refractivity contribution in [1.29, 1.82) is 0 Å². The van der Waals surface area contributed by atoms with Gasteiger partial charge in [-0.2, -0.15) is 0 Å². The van der Waals surface area contributed by atoms with Gasteiger partial charge in [0.1, 0.15) is 5.60 Å². The Morgan fingerprint density at radius 3 is 2.48 bits per heavy atom. The number of hydrogen-bond donors (Lipinski definition) is 0. The molecule has 5 heteroatoms. The van der Waals surface area contributed by atoms with Crippen molar-refractivity contribution < 1.29 is 9.53 Å². The van der Waals surface area contributed by atoms with Crippen LogP contribution in [0.2, 0.25) is 5.02 Å². The number of rotatable bonds is 2. The van der Waals surface area contributed by atoms with Gasteiger partial charge in [-0.05, 0) is 44.4 Å². The van der Waals surface area contributed by atoms with Gasteiger partial charge in [-0.3, -0.25) is 0 Å². The molecule has 116 valence electrons. The van der Waals surface area contributed by atoms with Gasteiger partial charge in [0, 0.05) is 29.4 Å². The third-order valence-electron chi connectivity index (χ3n) is 3.59. The summed E-state index contributed by atoms with van der Waals surface area (Å²) < 4.78 is 5.47. The first-order valence-corrected chi connectivity index (χ1v) is 8.59. The Kier molecular flexibility index (Phi) is 5.20. The number of hydrogen-bond acceptors (Lipinski definition) is 2. The summed E-state index contributed by atoms with van der Waals surface area (Å²) in [7, 11) is 0. The largest absolute Gasteiger partial charge is 0.444 e. The minimum atomic E-state index is -0.459. The van der Waals surface area contributed by atoms with E-state index in [1.807, 2.05) is 45.0 Å². The molecule has 2 rings (SSSR count). The Balaban J connectivity index is 2.10. The molecule has 1 aliphatic rings. The maximum absolute atomic E-state index is 12.2. The Morgan fingerprint density at radius 2 is 1.95 bits per heavy atom. The molecule has 1 aliphatic heterocycles. The number of halogens is 2. The molecule has 0 bridgehead atoms. The number of amides is 1. The molecule has 1 amide bonds. The first-order chi connectivity index (χ1) is 9.80. The van der Waals surface area contributed by atoms with Crippen LogP contribution >= 0.6 is 27.5 Å². The number of carbonyl (C=O) groups is 1. The fraction of sp³-hybridized carbons (Fsp3) is 0.562. The molecule has 1 aromatic rings. The van der Waals surface area contributed by atoms with E-state index in [9.17, 15) is 4.79 Å². The van der Waals surface area contributed by atoms with Gasteiger partial charge >= 0.3 is 6.09 Å².